The van der Waals surface area contributed by atoms with E-state index in [1.54, 1.807) is 25.6 Å². The lowest BCUT2D eigenvalue weighted by molar-refractivity contribution is 0.397. The van der Waals surface area contributed by atoms with Crippen LogP contribution in [-0.2, 0) is 0 Å². The Balaban J connectivity index is 1.98. The average molecular weight is 306 g/mol. The number of methoxy groups -OCH3 is 1. The Morgan fingerprint density at radius 3 is 2.65 bits per heavy atom. The number of aryl methyl sites for hydroxylation is 1. The van der Waals surface area contributed by atoms with Gasteiger partial charge in [-0.1, -0.05) is 35.9 Å². The van der Waals surface area contributed by atoms with Gasteiger partial charge in [0.1, 0.15) is 0 Å². The predicted molar refractivity (Wildman–Crippen MR) is 89.5 cm³/mol. The average Bonchev–Trinajstić information content (AvgIpc) is 2.60. The summed E-state index contributed by atoms with van der Waals surface area (Å²) in [5.74, 6) is 1.02. The van der Waals surface area contributed by atoms with Gasteiger partial charge in [-0.05, 0) is 24.6 Å². The van der Waals surface area contributed by atoms with Crippen molar-refractivity contribution in [1.82, 2.24) is 15.0 Å². The van der Waals surface area contributed by atoms with Gasteiger partial charge in [-0.3, -0.25) is 4.98 Å². The van der Waals surface area contributed by atoms with E-state index in [0.717, 1.165) is 11.3 Å². The maximum Gasteiger partial charge on any atom is 0.226 e. The van der Waals surface area contributed by atoms with E-state index in [0.29, 0.717) is 11.8 Å². The summed E-state index contributed by atoms with van der Waals surface area (Å²) in [7, 11) is 1.59. The molecule has 0 spiro atoms. The first-order valence-corrected chi connectivity index (χ1v) is 7.37. The van der Waals surface area contributed by atoms with E-state index in [1.807, 2.05) is 24.3 Å². The third kappa shape index (κ3) is 3.63. The van der Waals surface area contributed by atoms with Crippen molar-refractivity contribution in [2.75, 3.05) is 12.4 Å². The first kappa shape index (κ1) is 15.0. The molecule has 3 aromatic rings. The molecule has 0 bridgehead atoms. The van der Waals surface area contributed by atoms with Crippen molar-refractivity contribution in [3.8, 4) is 5.88 Å². The lowest BCUT2D eigenvalue weighted by Crippen LogP contribution is -2.15. The Morgan fingerprint density at radius 2 is 1.91 bits per heavy atom. The molecule has 0 saturated carbocycles. The molecule has 0 fully saturated rings. The molecule has 0 aliphatic rings. The Hall–Kier alpha value is -2.95. The van der Waals surface area contributed by atoms with Crippen molar-refractivity contribution in [1.29, 1.82) is 0 Å². The molecule has 0 saturated heterocycles. The molecule has 5 nitrogen and oxygen atoms in total. The van der Waals surface area contributed by atoms with E-state index in [4.69, 9.17) is 4.74 Å². The molecule has 3 rings (SSSR count). The van der Waals surface area contributed by atoms with Crippen LogP contribution in [-0.4, -0.2) is 22.1 Å². The van der Waals surface area contributed by atoms with Gasteiger partial charge in [-0.2, -0.15) is 4.98 Å². The number of benzene rings is 1. The van der Waals surface area contributed by atoms with E-state index >= 15 is 0 Å². The van der Waals surface area contributed by atoms with Crippen molar-refractivity contribution < 1.29 is 4.74 Å². The molecule has 116 valence electrons. The van der Waals surface area contributed by atoms with Crippen LogP contribution in [0.4, 0.5) is 5.95 Å². The van der Waals surface area contributed by atoms with Crippen LogP contribution in [0.2, 0.25) is 0 Å². The van der Waals surface area contributed by atoms with E-state index in [9.17, 15) is 0 Å². The zero-order valence-corrected chi connectivity index (χ0v) is 13.1. The van der Waals surface area contributed by atoms with Gasteiger partial charge in [0.05, 0.1) is 18.8 Å². The molecule has 0 radical (unpaired) electrons. The smallest absolute Gasteiger partial charge is 0.226 e. The summed E-state index contributed by atoms with van der Waals surface area (Å²) in [6.45, 7) is 2.07. The highest BCUT2D eigenvalue weighted by Gasteiger charge is 2.16. The second-order valence-corrected chi connectivity index (χ2v) is 5.17. The van der Waals surface area contributed by atoms with E-state index < -0.39 is 0 Å². The number of pyridine rings is 1. The molecule has 1 N–H and O–H groups in total. The van der Waals surface area contributed by atoms with Crippen molar-refractivity contribution in [2.45, 2.75) is 13.0 Å². The van der Waals surface area contributed by atoms with Crippen LogP contribution >= 0.6 is 0 Å². The van der Waals surface area contributed by atoms with Gasteiger partial charge in [-0.15, -0.1) is 0 Å². The molecule has 2 aromatic heterocycles. The Kier molecular flexibility index (Phi) is 4.47. The third-order valence-electron chi connectivity index (χ3n) is 3.47. The number of aromatic nitrogens is 3. The number of hydrogen-bond donors (Lipinski definition) is 1. The summed E-state index contributed by atoms with van der Waals surface area (Å²) in [6.07, 6.45) is 3.45. The molecule has 0 amide bonds. The van der Waals surface area contributed by atoms with Gasteiger partial charge in [0, 0.05) is 18.5 Å². The summed E-state index contributed by atoms with van der Waals surface area (Å²) in [6, 6.07) is 15.7. The van der Waals surface area contributed by atoms with Crippen LogP contribution in [0.15, 0.2) is 60.9 Å². The summed E-state index contributed by atoms with van der Waals surface area (Å²) >= 11 is 0. The lowest BCUT2D eigenvalue weighted by atomic mass is 10.0. The molecular formula is C18H18N4O. The number of anilines is 1. The standard InChI is InChI=1S/C18H18N4O/c1-13-6-5-7-14(12-13)17(15-8-3-4-10-19-15)22-18-20-11-9-16(21-18)23-2/h3-12,17H,1-2H3,(H,20,21,22). The van der Waals surface area contributed by atoms with Gasteiger partial charge >= 0.3 is 0 Å². The normalized spacial score (nSPS) is 11.7. The van der Waals surface area contributed by atoms with Crippen LogP contribution < -0.4 is 10.1 Å². The number of ether oxygens (including phenoxy) is 1. The fourth-order valence-electron chi connectivity index (χ4n) is 2.38. The molecule has 0 aliphatic carbocycles. The highest BCUT2D eigenvalue weighted by atomic mass is 16.5. The van der Waals surface area contributed by atoms with Gasteiger partial charge in [0.2, 0.25) is 11.8 Å². The van der Waals surface area contributed by atoms with Crippen LogP contribution in [0, 0.1) is 6.92 Å². The molecule has 1 unspecified atom stereocenters. The van der Waals surface area contributed by atoms with Gasteiger partial charge in [0.25, 0.3) is 0 Å². The first-order chi connectivity index (χ1) is 11.3. The molecular weight excluding hydrogens is 288 g/mol. The maximum absolute atomic E-state index is 5.16. The Bertz CT molecular complexity index is 777. The highest BCUT2D eigenvalue weighted by molar-refractivity contribution is 5.40. The van der Waals surface area contributed by atoms with Crippen LogP contribution in [0.1, 0.15) is 22.9 Å². The molecule has 5 heteroatoms. The first-order valence-electron chi connectivity index (χ1n) is 7.37. The summed E-state index contributed by atoms with van der Waals surface area (Å²) in [4.78, 5) is 13.1. The Labute approximate surface area is 135 Å². The van der Waals surface area contributed by atoms with Crippen LogP contribution in [0.5, 0.6) is 5.88 Å². The molecule has 23 heavy (non-hydrogen) atoms. The minimum absolute atomic E-state index is 0.136. The number of hydrogen-bond acceptors (Lipinski definition) is 5. The monoisotopic (exact) mass is 306 g/mol. The SMILES string of the molecule is COc1ccnc(NC(c2cccc(C)c2)c2ccccn2)n1. The second kappa shape index (κ2) is 6.87. The van der Waals surface area contributed by atoms with E-state index in [-0.39, 0.29) is 6.04 Å². The summed E-state index contributed by atoms with van der Waals surface area (Å²) < 4.78 is 5.16. The molecule has 0 aliphatic heterocycles. The Morgan fingerprint density at radius 1 is 1.00 bits per heavy atom. The molecule has 1 atom stereocenters. The summed E-state index contributed by atoms with van der Waals surface area (Å²) in [5.41, 5.74) is 3.21. The van der Waals surface area contributed by atoms with Crippen LogP contribution in [0.25, 0.3) is 0 Å². The number of nitrogens with one attached hydrogen (secondary N) is 1. The number of rotatable bonds is 5. The van der Waals surface area contributed by atoms with Crippen molar-refractivity contribution in [3.63, 3.8) is 0 Å². The van der Waals surface area contributed by atoms with Crippen molar-refractivity contribution >= 4 is 5.95 Å². The van der Waals surface area contributed by atoms with Gasteiger partial charge < -0.3 is 10.1 Å². The third-order valence-corrected chi connectivity index (χ3v) is 3.47. The fourth-order valence-corrected chi connectivity index (χ4v) is 2.38. The molecule has 1 aromatic carbocycles. The zero-order chi connectivity index (χ0) is 16.1. The summed E-state index contributed by atoms with van der Waals surface area (Å²) in [5, 5.41) is 3.35. The minimum Gasteiger partial charge on any atom is -0.481 e. The highest BCUT2D eigenvalue weighted by Crippen LogP contribution is 2.25. The van der Waals surface area contributed by atoms with Crippen LogP contribution in [0.3, 0.4) is 0 Å². The van der Waals surface area contributed by atoms with Gasteiger partial charge in [-0.25, -0.2) is 4.98 Å². The minimum atomic E-state index is -0.136. The number of nitrogens with zero attached hydrogens (tertiary/aromatic N) is 3. The van der Waals surface area contributed by atoms with Gasteiger partial charge in [0.15, 0.2) is 0 Å². The maximum atomic E-state index is 5.16. The topological polar surface area (TPSA) is 59.9 Å². The zero-order valence-electron chi connectivity index (χ0n) is 13.1. The largest absolute Gasteiger partial charge is 0.481 e. The van der Waals surface area contributed by atoms with Crippen molar-refractivity contribution in [3.05, 3.63) is 77.7 Å². The molecule has 2 heterocycles. The predicted octanol–water partition coefficient (Wildman–Crippen LogP) is 3.39. The lowest BCUT2D eigenvalue weighted by Gasteiger charge is -2.19. The van der Waals surface area contributed by atoms with E-state index in [2.05, 4.69) is 45.4 Å². The second-order valence-electron chi connectivity index (χ2n) is 5.17. The fraction of sp³-hybridized carbons (Fsp3) is 0.167. The van der Waals surface area contributed by atoms with E-state index in [1.165, 1.54) is 5.56 Å². The van der Waals surface area contributed by atoms with Crippen molar-refractivity contribution in [2.24, 2.45) is 0 Å². The quantitative estimate of drug-likeness (QED) is 0.783.